The Balaban J connectivity index is 1.41. The first-order valence-corrected chi connectivity index (χ1v) is 10.1. The highest BCUT2D eigenvalue weighted by atomic mass is 16.1. The molecule has 3 rings (SSSR count). The van der Waals surface area contributed by atoms with Crippen LogP contribution in [0.2, 0.25) is 0 Å². The molecule has 0 bridgehead atoms. The molecule has 1 N–H and O–H groups in total. The summed E-state index contributed by atoms with van der Waals surface area (Å²) >= 11 is 0. The average molecular weight is 360 g/mol. The van der Waals surface area contributed by atoms with Gasteiger partial charge in [-0.25, -0.2) is 9.97 Å². The molecule has 26 heavy (non-hydrogen) atoms. The number of hydrogen-bond donors (Lipinski definition) is 1. The number of hydrogen-bond acceptors (Lipinski definition) is 5. The molecule has 0 unspecified atom stereocenters. The van der Waals surface area contributed by atoms with Crippen LogP contribution in [0.15, 0.2) is 6.07 Å². The highest BCUT2D eigenvalue weighted by Gasteiger charge is 2.24. The Hall–Kier alpha value is -1.69. The van der Waals surface area contributed by atoms with E-state index in [-0.39, 0.29) is 5.91 Å². The number of aromatic nitrogens is 2. The number of carbonyl (C=O) groups excluding carboxylic acids is 1. The summed E-state index contributed by atoms with van der Waals surface area (Å²) in [5, 5.41) is 3.17. The summed E-state index contributed by atoms with van der Waals surface area (Å²) in [4.78, 5) is 26.1. The van der Waals surface area contributed by atoms with Gasteiger partial charge in [-0.3, -0.25) is 4.79 Å². The van der Waals surface area contributed by atoms with Gasteiger partial charge >= 0.3 is 0 Å². The standard InChI is InChI=1S/C20H33N5O/c1-15-12-16(2)23-20(22-15)25-10-7-17(8-11-25)13-19(26)21-14-18-6-4-5-9-24(18)3/h12,17-18H,4-11,13-14H2,1-3H3,(H,21,26)/t18-/m0/s1. The second-order valence-corrected chi connectivity index (χ2v) is 8.02. The zero-order valence-corrected chi connectivity index (χ0v) is 16.5. The van der Waals surface area contributed by atoms with Crippen molar-refractivity contribution in [3.63, 3.8) is 0 Å². The molecule has 0 radical (unpaired) electrons. The van der Waals surface area contributed by atoms with Crippen LogP contribution in [-0.2, 0) is 4.79 Å². The van der Waals surface area contributed by atoms with Gasteiger partial charge in [-0.1, -0.05) is 6.42 Å². The lowest BCUT2D eigenvalue weighted by molar-refractivity contribution is -0.122. The summed E-state index contributed by atoms with van der Waals surface area (Å²) in [6.07, 6.45) is 6.48. The van der Waals surface area contributed by atoms with Gasteiger partial charge in [0.2, 0.25) is 11.9 Å². The third kappa shape index (κ3) is 5.16. The van der Waals surface area contributed by atoms with E-state index in [2.05, 4.69) is 32.1 Å². The van der Waals surface area contributed by atoms with Crippen LogP contribution in [-0.4, -0.2) is 60.0 Å². The molecule has 6 nitrogen and oxygen atoms in total. The maximum absolute atomic E-state index is 12.3. The maximum Gasteiger partial charge on any atom is 0.225 e. The first-order valence-electron chi connectivity index (χ1n) is 10.1. The second-order valence-electron chi connectivity index (χ2n) is 8.02. The first-order chi connectivity index (χ1) is 12.5. The minimum atomic E-state index is 0.213. The zero-order valence-electron chi connectivity index (χ0n) is 16.5. The van der Waals surface area contributed by atoms with Crippen molar-refractivity contribution < 1.29 is 4.79 Å². The van der Waals surface area contributed by atoms with Crippen molar-refractivity contribution in [3.8, 4) is 0 Å². The first kappa shape index (κ1) is 19.1. The highest BCUT2D eigenvalue weighted by molar-refractivity contribution is 5.76. The molecule has 3 heterocycles. The number of aryl methyl sites for hydroxylation is 2. The number of rotatable bonds is 5. The van der Waals surface area contributed by atoms with E-state index >= 15 is 0 Å². The molecule has 2 saturated heterocycles. The van der Waals surface area contributed by atoms with Crippen molar-refractivity contribution in [2.75, 3.05) is 38.1 Å². The summed E-state index contributed by atoms with van der Waals surface area (Å²) in [5.41, 5.74) is 2.03. The number of likely N-dealkylation sites (N-methyl/N-ethyl adjacent to an activating group) is 1. The van der Waals surface area contributed by atoms with Crippen molar-refractivity contribution in [2.45, 2.75) is 58.4 Å². The number of anilines is 1. The number of likely N-dealkylation sites (tertiary alicyclic amines) is 1. The van der Waals surface area contributed by atoms with Gasteiger partial charge < -0.3 is 15.1 Å². The molecule has 1 aromatic rings. The largest absolute Gasteiger partial charge is 0.355 e. The Bertz CT molecular complexity index is 592. The third-order valence-electron chi connectivity index (χ3n) is 5.80. The second kappa shape index (κ2) is 8.80. The van der Waals surface area contributed by atoms with Gasteiger partial charge in [-0.05, 0) is 65.1 Å². The van der Waals surface area contributed by atoms with E-state index in [1.807, 2.05) is 19.9 Å². The molecule has 0 spiro atoms. The molecule has 0 aliphatic carbocycles. The van der Waals surface area contributed by atoms with E-state index in [4.69, 9.17) is 0 Å². The van der Waals surface area contributed by atoms with Gasteiger partial charge in [0.05, 0.1) is 0 Å². The number of amides is 1. The highest BCUT2D eigenvalue weighted by Crippen LogP contribution is 2.23. The van der Waals surface area contributed by atoms with Crippen molar-refractivity contribution >= 4 is 11.9 Å². The lowest BCUT2D eigenvalue weighted by Gasteiger charge is -2.33. The summed E-state index contributed by atoms with van der Waals surface area (Å²) in [5.74, 6) is 1.53. The monoisotopic (exact) mass is 359 g/mol. The number of nitrogens with one attached hydrogen (secondary N) is 1. The van der Waals surface area contributed by atoms with Gasteiger partial charge in [0.15, 0.2) is 0 Å². The van der Waals surface area contributed by atoms with Crippen LogP contribution in [0, 0.1) is 19.8 Å². The topological polar surface area (TPSA) is 61.4 Å². The van der Waals surface area contributed by atoms with Crippen LogP contribution >= 0.6 is 0 Å². The van der Waals surface area contributed by atoms with Crippen LogP contribution in [0.5, 0.6) is 0 Å². The van der Waals surface area contributed by atoms with Gasteiger partial charge in [0.1, 0.15) is 0 Å². The summed E-state index contributed by atoms with van der Waals surface area (Å²) in [6, 6.07) is 2.51. The lowest BCUT2D eigenvalue weighted by Crippen LogP contribution is -2.45. The Morgan fingerprint density at radius 3 is 2.46 bits per heavy atom. The van der Waals surface area contributed by atoms with Gasteiger partial charge in [0.25, 0.3) is 0 Å². The molecule has 2 fully saturated rings. The molecule has 144 valence electrons. The maximum atomic E-state index is 12.3. The minimum absolute atomic E-state index is 0.213. The SMILES string of the molecule is Cc1cc(C)nc(N2CCC(CC(=O)NC[C@@H]3CCCCN3C)CC2)n1. The molecule has 2 aliphatic rings. The Morgan fingerprint density at radius 2 is 1.81 bits per heavy atom. The summed E-state index contributed by atoms with van der Waals surface area (Å²) in [6.45, 7) is 7.85. The number of nitrogens with zero attached hydrogens (tertiary/aromatic N) is 4. The molecule has 1 aromatic heterocycles. The summed E-state index contributed by atoms with van der Waals surface area (Å²) in [7, 11) is 2.17. The normalized spacial score (nSPS) is 22.4. The molecule has 6 heteroatoms. The fourth-order valence-corrected chi connectivity index (χ4v) is 4.15. The third-order valence-corrected chi connectivity index (χ3v) is 5.80. The van der Waals surface area contributed by atoms with Gasteiger partial charge in [-0.2, -0.15) is 0 Å². The van der Waals surface area contributed by atoms with Gasteiger partial charge in [0, 0.05) is 43.5 Å². The predicted molar refractivity (Wildman–Crippen MR) is 104 cm³/mol. The van der Waals surface area contributed by atoms with Crippen LogP contribution in [0.25, 0.3) is 0 Å². The van der Waals surface area contributed by atoms with E-state index in [9.17, 15) is 4.79 Å². The van der Waals surface area contributed by atoms with Gasteiger partial charge in [-0.15, -0.1) is 0 Å². The van der Waals surface area contributed by atoms with E-state index in [1.54, 1.807) is 0 Å². The molecular formula is C20H33N5O. The van der Waals surface area contributed by atoms with Crippen molar-refractivity contribution in [2.24, 2.45) is 5.92 Å². The summed E-state index contributed by atoms with van der Waals surface area (Å²) < 4.78 is 0. The van der Waals surface area contributed by atoms with E-state index in [0.717, 1.165) is 56.4 Å². The minimum Gasteiger partial charge on any atom is -0.355 e. The predicted octanol–water partition coefficient (Wildman–Crippen LogP) is 2.30. The zero-order chi connectivity index (χ0) is 18.5. The van der Waals surface area contributed by atoms with Crippen LogP contribution in [0.3, 0.4) is 0 Å². The number of piperidine rings is 2. The molecule has 2 aliphatic heterocycles. The van der Waals surface area contributed by atoms with Crippen molar-refractivity contribution in [1.82, 2.24) is 20.2 Å². The Kier molecular flexibility index (Phi) is 6.46. The Morgan fingerprint density at radius 1 is 1.12 bits per heavy atom. The van der Waals surface area contributed by atoms with E-state index < -0.39 is 0 Å². The molecule has 0 aromatic carbocycles. The van der Waals surface area contributed by atoms with Crippen molar-refractivity contribution in [1.29, 1.82) is 0 Å². The fraction of sp³-hybridized carbons (Fsp3) is 0.750. The fourth-order valence-electron chi connectivity index (χ4n) is 4.15. The van der Waals surface area contributed by atoms with E-state index in [0.29, 0.717) is 18.4 Å². The Labute approximate surface area is 157 Å². The molecular weight excluding hydrogens is 326 g/mol. The van der Waals surface area contributed by atoms with Crippen LogP contribution in [0.4, 0.5) is 5.95 Å². The van der Waals surface area contributed by atoms with Crippen LogP contribution in [0.1, 0.15) is 49.9 Å². The quantitative estimate of drug-likeness (QED) is 0.874. The lowest BCUT2D eigenvalue weighted by atomic mass is 9.93. The molecule has 1 atom stereocenters. The van der Waals surface area contributed by atoms with Crippen LogP contribution < -0.4 is 10.2 Å². The van der Waals surface area contributed by atoms with Crippen molar-refractivity contribution in [3.05, 3.63) is 17.5 Å². The average Bonchev–Trinajstić information content (AvgIpc) is 2.61. The molecule has 0 saturated carbocycles. The van der Waals surface area contributed by atoms with E-state index in [1.165, 1.54) is 19.3 Å². The smallest absolute Gasteiger partial charge is 0.225 e. The number of carbonyl (C=O) groups is 1. The molecule has 1 amide bonds.